The van der Waals surface area contributed by atoms with E-state index in [0.29, 0.717) is 34.7 Å². The van der Waals surface area contributed by atoms with Gasteiger partial charge in [-0.2, -0.15) is 0 Å². The maximum absolute atomic E-state index is 6.68. The van der Waals surface area contributed by atoms with Crippen molar-refractivity contribution < 1.29 is 9.47 Å². The van der Waals surface area contributed by atoms with E-state index in [1.54, 1.807) is 0 Å². The van der Waals surface area contributed by atoms with E-state index < -0.39 is 0 Å². The summed E-state index contributed by atoms with van der Waals surface area (Å²) in [5, 5.41) is 0. The lowest BCUT2D eigenvalue weighted by Gasteiger charge is -2.25. The molecule has 2 aliphatic rings. The van der Waals surface area contributed by atoms with Crippen molar-refractivity contribution in [1.82, 2.24) is 15.0 Å². The third-order valence-electron chi connectivity index (χ3n) is 10.4. The molecule has 0 saturated heterocycles. The van der Waals surface area contributed by atoms with Gasteiger partial charge in [-0.1, -0.05) is 141 Å². The minimum atomic E-state index is -0.135. The van der Waals surface area contributed by atoms with Crippen LogP contribution >= 0.6 is 0 Å². The molecule has 8 aromatic rings. The van der Waals surface area contributed by atoms with Crippen LogP contribution in [0.2, 0.25) is 0 Å². The molecule has 0 saturated carbocycles. The van der Waals surface area contributed by atoms with E-state index in [4.69, 9.17) is 24.4 Å². The minimum absolute atomic E-state index is 0.135. The van der Waals surface area contributed by atoms with Crippen LogP contribution in [0.4, 0.5) is 0 Å². The van der Waals surface area contributed by atoms with E-state index in [0.717, 1.165) is 50.3 Å². The molecule has 0 bridgehead atoms. The van der Waals surface area contributed by atoms with Crippen molar-refractivity contribution in [2.45, 2.75) is 19.3 Å². The lowest BCUT2D eigenvalue weighted by atomic mass is 9.82. The Kier molecular flexibility index (Phi) is 7.08. The molecule has 0 fully saturated rings. The highest BCUT2D eigenvalue weighted by molar-refractivity contribution is 5.88. The summed E-state index contributed by atoms with van der Waals surface area (Å²) in [5.74, 6) is 4.42. The van der Waals surface area contributed by atoms with Gasteiger partial charge in [0.1, 0.15) is 0 Å². The van der Waals surface area contributed by atoms with Crippen LogP contribution in [-0.2, 0) is 5.41 Å². The van der Waals surface area contributed by atoms with E-state index >= 15 is 0 Å². The second kappa shape index (κ2) is 12.1. The molecule has 1 aliphatic carbocycles. The van der Waals surface area contributed by atoms with Crippen LogP contribution in [0.1, 0.15) is 25.0 Å². The van der Waals surface area contributed by atoms with Crippen LogP contribution in [0.3, 0.4) is 0 Å². The van der Waals surface area contributed by atoms with E-state index in [1.165, 1.54) is 16.7 Å². The van der Waals surface area contributed by atoms with Crippen LogP contribution in [0.25, 0.3) is 67.5 Å². The Balaban J connectivity index is 1.08. The zero-order chi connectivity index (χ0) is 35.5. The molecule has 5 nitrogen and oxygen atoms in total. The van der Waals surface area contributed by atoms with E-state index in [-0.39, 0.29) is 5.41 Å². The third-order valence-corrected chi connectivity index (χ3v) is 10.4. The Hall–Kier alpha value is -6.85. The molecule has 0 N–H and O–H groups in total. The van der Waals surface area contributed by atoms with Crippen molar-refractivity contribution in [1.29, 1.82) is 0 Å². The number of hydrogen-bond acceptors (Lipinski definition) is 5. The first-order valence-electron chi connectivity index (χ1n) is 17.8. The van der Waals surface area contributed by atoms with Gasteiger partial charge in [0.05, 0.1) is 0 Å². The Bertz CT molecular complexity index is 2600. The summed E-state index contributed by atoms with van der Waals surface area (Å²) in [6.45, 7) is 4.53. The number of aromatic nitrogens is 3. The third kappa shape index (κ3) is 5.28. The second-order valence-electron chi connectivity index (χ2n) is 14.1. The molecule has 7 aromatic carbocycles. The molecule has 10 rings (SSSR count). The van der Waals surface area contributed by atoms with Crippen molar-refractivity contribution >= 4 is 0 Å². The summed E-state index contributed by atoms with van der Waals surface area (Å²) in [5.41, 5.74) is 11.7. The normalized spacial score (nSPS) is 13.2. The number of fused-ring (bicyclic) bond motifs is 6. The fraction of sp³-hybridized carbons (Fsp3) is 0.0625. The molecule has 252 valence electrons. The molecule has 5 heteroatoms. The number of rotatable bonds is 5. The summed E-state index contributed by atoms with van der Waals surface area (Å²) in [4.78, 5) is 15.2. The average Bonchev–Trinajstić information content (AvgIpc) is 3.46. The van der Waals surface area contributed by atoms with Crippen LogP contribution in [0.15, 0.2) is 164 Å². The van der Waals surface area contributed by atoms with Gasteiger partial charge in [0.2, 0.25) is 0 Å². The second-order valence-corrected chi connectivity index (χ2v) is 14.1. The zero-order valence-electron chi connectivity index (χ0n) is 29.2. The van der Waals surface area contributed by atoms with Gasteiger partial charge >= 0.3 is 0 Å². The van der Waals surface area contributed by atoms with Gasteiger partial charge in [-0.3, -0.25) is 0 Å². The predicted octanol–water partition coefficient (Wildman–Crippen LogP) is 12.4. The fourth-order valence-corrected chi connectivity index (χ4v) is 7.66. The summed E-state index contributed by atoms with van der Waals surface area (Å²) < 4.78 is 13.3. The summed E-state index contributed by atoms with van der Waals surface area (Å²) >= 11 is 0. The standard InChI is InChI=1S/C48H33N3O2/c1-48(2)38-22-10-9-21-37(38)43-39(48)24-26-41-44(43)53-40-25-23-36(29-42(40)52-41)47-50-45(34-19-11-17-32(27-34)30-13-5-3-6-14-30)49-46(51-47)35-20-12-18-33(28-35)31-15-7-4-8-16-31/h3-29H,1-2H3. The monoisotopic (exact) mass is 683 g/mol. The Labute approximate surface area is 308 Å². The van der Waals surface area contributed by atoms with E-state index in [2.05, 4.69) is 105 Å². The van der Waals surface area contributed by atoms with Gasteiger partial charge in [0, 0.05) is 27.7 Å². The van der Waals surface area contributed by atoms with Crippen molar-refractivity contribution in [2.75, 3.05) is 0 Å². The first kappa shape index (κ1) is 30.9. The summed E-state index contributed by atoms with van der Waals surface area (Å²) in [6, 6.07) is 56.1. The van der Waals surface area contributed by atoms with Crippen LogP contribution in [0.5, 0.6) is 23.0 Å². The zero-order valence-corrected chi connectivity index (χ0v) is 29.2. The van der Waals surface area contributed by atoms with Crippen molar-refractivity contribution in [2.24, 2.45) is 0 Å². The molecule has 0 atom stereocenters. The van der Waals surface area contributed by atoms with Gasteiger partial charge in [0.15, 0.2) is 40.5 Å². The minimum Gasteiger partial charge on any atom is -0.449 e. The Morgan fingerprint density at radius 2 is 0.887 bits per heavy atom. The highest BCUT2D eigenvalue weighted by atomic mass is 16.6. The average molecular weight is 684 g/mol. The first-order valence-corrected chi connectivity index (χ1v) is 17.8. The van der Waals surface area contributed by atoms with Crippen molar-refractivity contribution in [3.05, 3.63) is 175 Å². The predicted molar refractivity (Wildman–Crippen MR) is 211 cm³/mol. The quantitative estimate of drug-likeness (QED) is 0.181. The number of hydrogen-bond donors (Lipinski definition) is 0. The lowest BCUT2D eigenvalue weighted by molar-refractivity contribution is 0.360. The van der Waals surface area contributed by atoms with E-state index in [1.807, 2.05) is 72.8 Å². The smallest absolute Gasteiger partial charge is 0.178 e. The van der Waals surface area contributed by atoms with Crippen LogP contribution in [-0.4, -0.2) is 15.0 Å². The topological polar surface area (TPSA) is 57.1 Å². The lowest BCUT2D eigenvalue weighted by Crippen LogP contribution is -2.15. The van der Waals surface area contributed by atoms with E-state index in [9.17, 15) is 0 Å². The maximum atomic E-state index is 6.68. The highest BCUT2D eigenvalue weighted by Gasteiger charge is 2.39. The van der Waals surface area contributed by atoms with Crippen LogP contribution < -0.4 is 9.47 Å². The highest BCUT2D eigenvalue weighted by Crippen LogP contribution is 2.58. The molecule has 0 spiro atoms. The number of benzene rings is 7. The molecular formula is C48H33N3O2. The molecule has 1 aliphatic heterocycles. The molecule has 0 amide bonds. The molecular weight excluding hydrogens is 651 g/mol. The fourth-order valence-electron chi connectivity index (χ4n) is 7.66. The largest absolute Gasteiger partial charge is 0.449 e. The summed E-state index contributed by atoms with van der Waals surface area (Å²) in [6.07, 6.45) is 0. The Morgan fingerprint density at radius 1 is 0.377 bits per heavy atom. The summed E-state index contributed by atoms with van der Waals surface area (Å²) in [7, 11) is 0. The molecule has 2 heterocycles. The molecule has 0 radical (unpaired) electrons. The van der Waals surface area contributed by atoms with Gasteiger partial charge in [-0.15, -0.1) is 0 Å². The van der Waals surface area contributed by atoms with Gasteiger partial charge in [-0.05, 0) is 75.3 Å². The van der Waals surface area contributed by atoms with Crippen LogP contribution in [0, 0.1) is 0 Å². The van der Waals surface area contributed by atoms with Gasteiger partial charge in [-0.25, -0.2) is 15.0 Å². The SMILES string of the molecule is CC1(C)c2ccccc2-c2c1ccc1c2Oc2ccc(-c3nc(-c4cccc(-c5ccccc5)c4)nc(-c4cccc(-c5ccccc5)c4)n3)cc2O1. The van der Waals surface area contributed by atoms with Gasteiger partial charge in [0.25, 0.3) is 0 Å². The Morgan fingerprint density at radius 3 is 1.51 bits per heavy atom. The van der Waals surface area contributed by atoms with Crippen molar-refractivity contribution in [3.8, 4) is 90.5 Å². The number of nitrogens with zero attached hydrogens (tertiary/aromatic N) is 3. The molecule has 0 unspecified atom stereocenters. The number of ether oxygens (including phenoxy) is 2. The maximum Gasteiger partial charge on any atom is 0.178 e. The molecule has 1 aromatic heterocycles. The van der Waals surface area contributed by atoms with Crippen molar-refractivity contribution in [3.63, 3.8) is 0 Å². The van der Waals surface area contributed by atoms with Gasteiger partial charge < -0.3 is 9.47 Å². The first-order chi connectivity index (χ1) is 26.0. The molecule has 53 heavy (non-hydrogen) atoms.